The van der Waals surface area contributed by atoms with E-state index in [4.69, 9.17) is 9.84 Å². The number of benzene rings is 1. The molecular formula is C12H13NO3. The molecule has 0 atom stereocenters. The number of carbonyl (C=O) groups is 1. The molecule has 1 heterocycles. The summed E-state index contributed by atoms with van der Waals surface area (Å²) in [6.07, 6.45) is 0. The van der Waals surface area contributed by atoms with E-state index in [1.807, 2.05) is 26.0 Å². The highest BCUT2D eigenvalue weighted by molar-refractivity contribution is 5.85. The molecule has 84 valence electrons. The van der Waals surface area contributed by atoms with E-state index < -0.39 is 5.97 Å². The van der Waals surface area contributed by atoms with Crippen molar-refractivity contribution in [3.8, 4) is 5.75 Å². The molecule has 0 bridgehead atoms. The summed E-state index contributed by atoms with van der Waals surface area (Å²) >= 11 is 0. The second kappa shape index (κ2) is 3.89. The normalized spacial score (nSPS) is 10.6. The number of fused-ring (bicyclic) bond motifs is 1. The van der Waals surface area contributed by atoms with Gasteiger partial charge in [0, 0.05) is 16.6 Å². The lowest BCUT2D eigenvalue weighted by molar-refractivity contribution is -0.139. The van der Waals surface area contributed by atoms with Crippen molar-refractivity contribution in [2.45, 2.75) is 13.8 Å². The highest BCUT2D eigenvalue weighted by Crippen LogP contribution is 2.25. The molecule has 1 aromatic carbocycles. The van der Waals surface area contributed by atoms with Crippen molar-refractivity contribution in [3.63, 3.8) is 0 Å². The van der Waals surface area contributed by atoms with Crippen LogP contribution in [-0.2, 0) is 4.79 Å². The monoisotopic (exact) mass is 219 g/mol. The molecule has 1 aromatic heterocycles. The maximum absolute atomic E-state index is 10.4. The van der Waals surface area contributed by atoms with E-state index in [1.54, 1.807) is 6.07 Å². The molecule has 16 heavy (non-hydrogen) atoms. The van der Waals surface area contributed by atoms with Crippen LogP contribution in [0.3, 0.4) is 0 Å². The molecule has 0 saturated heterocycles. The van der Waals surface area contributed by atoms with Crippen LogP contribution in [0.2, 0.25) is 0 Å². The van der Waals surface area contributed by atoms with Gasteiger partial charge in [0.25, 0.3) is 0 Å². The predicted octanol–water partition coefficient (Wildman–Crippen LogP) is 2.25. The van der Waals surface area contributed by atoms with Gasteiger partial charge in [-0.15, -0.1) is 0 Å². The number of rotatable bonds is 3. The first kappa shape index (κ1) is 10.5. The summed E-state index contributed by atoms with van der Waals surface area (Å²) in [7, 11) is 0. The molecule has 0 aliphatic rings. The maximum Gasteiger partial charge on any atom is 0.341 e. The summed E-state index contributed by atoms with van der Waals surface area (Å²) in [5, 5.41) is 9.59. The molecule has 2 rings (SSSR count). The average molecular weight is 219 g/mol. The van der Waals surface area contributed by atoms with E-state index in [0.29, 0.717) is 5.75 Å². The first-order valence-electron chi connectivity index (χ1n) is 5.01. The highest BCUT2D eigenvalue weighted by Gasteiger charge is 2.06. The number of aromatic amines is 1. The minimum atomic E-state index is -0.970. The molecule has 0 spiro atoms. The van der Waals surface area contributed by atoms with Crippen LogP contribution in [0.4, 0.5) is 0 Å². The van der Waals surface area contributed by atoms with Crippen LogP contribution in [0.1, 0.15) is 11.3 Å². The Labute approximate surface area is 92.9 Å². The van der Waals surface area contributed by atoms with Gasteiger partial charge in [0.1, 0.15) is 5.75 Å². The smallest absolute Gasteiger partial charge is 0.341 e. The Kier molecular flexibility index (Phi) is 2.56. The summed E-state index contributed by atoms with van der Waals surface area (Å²) in [5.41, 5.74) is 3.32. The van der Waals surface area contributed by atoms with Crippen molar-refractivity contribution >= 4 is 16.9 Å². The summed E-state index contributed by atoms with van der Waals surface area (Å²) in [4.78, 5) is 13.6. The number of aromatic nitrogens is 1. The number of carboxylic acid groups (broad SMARTS) is 1. The fourth-order valence-electron chi connectivity index (χ4n) is 1.68. The molecule has 0 fully saturated rings. The fraction of sp³-hybridized carbons (Fsp3) is 0.250. The second-order valence-electron chi connectivity index (χ2n) is 3.76. The lowest BCUT2D eigenvalue weighted by Crippen LogP contribution is -2.09. The Morgan fingerprint density at radius 1 is 1.44 bits per heavy atom. The van der Waals surface area contributed by atoms with Crippen LogP contribution in [0.25, 0.3) is 10.9 Å². The van der Waals surface area contributed by atoms with Crippen LogP contribution in [0.5, 0.6) is 5.75 Å². The van der Waals surface area contributed by atoms with Gasteiger partial charge in [-0.25, -0.2) is 4.79 Å². The molecule has 2 N–H and O–H groups in total. The zero-order valence-corrected chi connectivity index (χ0v) is 9.20. The largest absolute Gasteiger partial charge is 0.482 e. The van der Waals surface area contributed by atoms with Gasteiger partial charge in [-0.1, -0.05) is 0 Å². The number of hydrogen-bond acceptors (Lipinski definition) is 2. The summed E-state index contributed by atoms with van der Waals surface area (Å²) < 4.78 is 5.13. The Bertz CT molecular complexity index is 542. The molecule has 0 saturated carbocycles. The van der Waals surface area contributed by atoms with Gasteiger partial charge in [0.15, 0.2) is 6.61 Å². The molecule has 4 nitrogen and oxygen atoms in total. The van der Waals surface area contributed by atoms with E-state index >= 15 is 0 Å². The first-order valence-corrected chi connectivity index (χ1v) is 5.01. The van der Waals surface area contributed by atoms with Crippen LogP contribution in [0, 0.1) is 13.8 Å². The van der Waals surface area contributed by atoms with Gasteiger partial charge in [-0.2, -0.15) is 0 Å². The number of hydrogen-bond donors (Lipinski definition) is 2. The predicted molar refractivity (Wildman–Crippen MR) is 60.9 cm³/mol. The minimum absolute atomic E-state index is 0.312. The number of H-pyrrole nitrogens is 1. The lowest BCUT2D eigenvalue weighted by atomic mass is 10.1. The van der Waals surface area contributed by atoms with Crippen LogP contribution < -0.4 is 4.74 Å². The molecule has 0 radical (unpaired) electrons. The van der Waals surface area contributed by atoms with Crippen molar-refractivity contribution in [1.29, 1.82) is 0 Å². The standard InChI is InChI=1S/C12H13NO3/c1-7-8(2)13-11-4-3-9(5-10(7)11)16-6-12(14)15/h3-5,13H,6H2,1-2H3,(H,14,15). The van der Waals surface area contributed by atoms with E-state index in [1.165, 1.54) is 0 Å². The third-order valence-corrected chi connectivity index (χ3v) is 2.64. The zero-order valence-electron chi connectivity index (χ0n) is 9.20. The molecule has 0 unspecified atom stereocenters. The van der Waals surface area contributed by atoms with Crippen molar-refractivity contribution in [2.24, 2.45) is 0 Å². The van der Waals surface area contributed by atoms with Gasteiger partial charge in [-0.3, -0.25) is 0 Å². The van der Waals surface area contributed by atoms with Crippen molar-refractivity contribution in [1.82, 2.24) is 4.98 Å². The Morgan fingerprint density at radius 3 is 2.88 bits per heavy atom. The van der Waals surface area contributed by atoms with Crippen LogP contribution in [0.15, 0.2) is 18.2 Å². The van der Waals surface area contributed by atoms with E-state index in [-0.39, 0.29) is 6.61 Å². The molecule has 2 aromatic rings. The minimum Gasteiger partial charge on any atom is -0.482 e. The molecular weight excluding hydrogens is 206 g/mol. The summed E-state index contributed by atoms with van der Waals surface area (Å²) in [6.45, 7) is 3.72. The highest BCUT2D eigenvalue weighted by atomic mass is 16.5. The number of aryl methyl sites for hydroxylation is 2. The first-order chi connectivity index (χ1) is 7.58. The number of nitrogens with one attached hydrogen (secondary N) is 1. The number of carboxylic acids is 1. The van der Waals surface area contributed by atoms with Gasteiger partial charge >= 0.3 is 5.97 Å². The molecule has 0 aliphatic carbocycles. The Hall–Kier alpha value is -1.97. The van der Waals surface area contributed by atoms with Gasteiger partial charge in [-0.05, 0) is 37.6 Å². The SMILES string of the molecule is Cc1[nH]c2ccc(OCC(=O)O)cc2c1C. The maximum atomic E-state index is 10.4. The van der Waals surface area contributed by atoms with Crippen molar-refractivity contribution in [3.05, 3.63) is 29.5 Å². The fourth-order valence-corrected chi connectivity index (χ4v) is 1.68. The van der Waals surface area contributed by atoms with E-state index in [2.05, 4.69) is 4.98 Å². The molecule has 4 heteroatoms. The van der Waals surface area contributed by atoms with Crippen molar-refractivity contribution < 1.29 is 14.6 Å². The van der Waals surface area contributed by atoms with E-state index in [0.717, 1.165) is 22.2 Å². The van der Waals surface area contributed by atoms with Crippen LogP contribution in [-0.4, -0.2) is 22.7 Å². The Morgan fingerprint density at radius 2 is 2.19 bits per heavy atom. The molecule has 0 aliphatic heterocycles. The summed E-state index contributed by atoms with van der Waals surface area (Å²) in [6, 6.07) is 5.52. The Balaban J connectivity index is 2.35. The molecule has 0 amide bonds. The topological polar surface area (TPSA) is 62.3 Å². The van der Waals surface area contributed by atoms with E-state index in [9.17, 15) is 4.79 Å². The quantitative estimate of drug-likeness (QED) is 0.832. The number of aliphatic carboxylic acids is 1. The van der Waals surface area contributed by atoms with Crippen molar-refractivity contribution in [2.75, 3.05) is 6.61 Å². The lowest BCUT2D eigenvalue weighted by Gasteiger charge is -2.02. The second-order valence-corrected chi connectivity index (χ2v) is 3.76. The summed E-state index contributed by atoms with van der Waals surface area (Å²) in [5.74, 6) is -0.390. The van der Waals surface area contributed by atoms with Gasteiger partial charge < -0.3 is 14.8 Å². The van der Waals surface area contributed by atoms with Crippen LogP contribution >= 0.6 is 0 Å². The average Bonchev–Trinajstić information content (AvgIpc) is 2.52. The number of ether oxygens (including phenoxy) is 1. The zero-order chi connectivity index (χ0) is 11.7. The third kappa shape index (κ3) is 1.86. The van der Waals surface area contributed by atoms with Gasteiger partial charge in [0.05, 0.1) is 0 Å². The third-order valence-electron chi connectivity index (χ3n) is 2.64. The van der Waals surface area contributed by atoms with Gasteiger partial charge in [0.2, 0.25) is 0 Å².